The summed E-state index contributed by atoms with van der Waals surface area (Å²) in [5, 5.41) is 14.8. The zero-order valence-corrected chi connectivity index (χ0v) is 16.1. The van der Waals surface area contributed by atoms with Gasteiger partial charge in [-0.25, -0.2) is 9.97 Å². The summed E-state index contributed by atoms with van der Waals surface area (Å²) in [6.45, 7) is 2.04. The molecule has 0 spiro atoms. The van der Waals surface area contributed by atoms with Crippen LogP contribution in [0.3, 0.4) is 0 Å². The largest absolute Gasteiger partial charge is 0.382 e. The van der Waals surface area contributed by atoms with Crippen molar-refractivity contribution in [3.63, 3.8) is 0 Å². The molecule has 4 rings (SSSR count). The van der Waals surface area contributed by atoms with Crippen LogP contribution in [0.2, 0.25) is 0 Å². The molecular weight excluding hydrogens is 376 g/mol. The standard InChI is InChI=1S/C19H16N6S2/c1-12(24-19-14(10-20)18(21)22-11-23-19)15-9-17-16(7-8-26-17)27-25(15)13-5-3-2-4-6-13/h2-9,11-12H,1H3,(H3,21,22,23,24)/t12-/m0/s1. The normalized spacial score (nSPS) is 14.1. The van der Waals surface area contributed by atoms with E-state index >= 15 is 0 Å². The van der Waals surface area contributed by atoms with Gasteiger partial charge in [-0.1, -0.05) is 18.2 Å². The first kappa shape index (κ1) is 17.4. The molecule has 8 heteroatoms. The second-order valence-electron chi connectivity index (χ2n) is 5.90. The molecule has 0 saturated carbocycles. The molecule has 6 nitrogen and oxygen atoms in total. The fourth-order valence-electron chi connectivity index (χ4n) is 2.80. The molecule has 1 aliphatic rings. The first-order valence-corrected chi connectivity index (χ1v) is 9.92. The van der Waals surface area contributed by atoms with Gasteiger partial charge in [-0.05, 0) is 48.5 Å². The van der Waals surface area contributed by atoms with Gasteiger partial charge in [0.25, 0.3) is 0 Å². The zero-order chi connectivity index (χ0) is 18.8. The number of nitriles is 1. The topological polar surface area (TPSA) is 90.9 Å². The lowest BCUT2D eigenvalue weighted by Crippen LogP contribution is -2.30. The summed E-state index contributed by atoms with van der Waals surface area (Å²) in [4.78, 5) is 10.5. The minimum atomic E-state index is -0.102. The molecule has 1 aromatic carbocycles. The summed E-state index contributed by atoms with van der Waals surface area (Å²) in [5.74, 6) is 0.614. The van der Waals surface area contributed by atoms with Crippen molar-refractivity contribution in [1.29, 1.82) is 5.26 Å². The van der Waals surface area contributed by atoms with Gasteiger partial charge in [0.15, 0.2) is 0 Å². The van der Waals surface area contributed by atoms with Gasteiger partial charge in [-0.3, -0.25) is 4.31 Å². The number of nitrogens with two attached hydrogens (primary N) is 1. The Balaban J connectivity index is 1.71. The lowest BCUT2D eigenvalue weighted by molar-refractivity contribution is 0.898. The SMILES string of the molecule is C[C@H](Nc1ncnc(N)c1C#N)C1=Cc2sccc2SN1c1ccccc1. The van der Waals surface area contributed by atoms with E-state index in [0.717, 1.165) is 11.4 Å². The number of aromatic nitrogens is 2. The Morgan fingerprint density at radius 1 is 1.22 bits per heavy atom. The van der Waals surface area contributed by atoms with Gasteiger partial charge in [-0.15, -0.1) is 11.3 Å². The Morgan fingerprint density at radius 2 is 2.04 bits per heavy atom. The summed E-state index contributed by atoms with van der Waals surface area (Å²) >= 11 is 3.40. The van der Waals surface area contributed by atoms with Gasteiger partial charge in [0.05, 0.1) is 17.4 Å². The molecule has 1 atom stereocenters. The van der Waals surface area contributed by atoms with Gasteiger partial charge in [0.2, 0.25) is 0 Å². The number of anilines is 3. The van der Waals surface area contributed by atoms with E-state index in [1.54, 1.807) is 23.3 Å². The van der Waals surface area contributed by atoms with Gasteiger partial charge in [0.1, 0.15) is 29.6 Å². The fraction of sp³-hybridized carbons (Fsp3) is 0.105. The Kier molecular flexibility index (Phi) is 4.71. The van der Waals surface area contributed by atoms with Crippen molar-refractivity contribution in [1.82, 2.24) is 9.97 Å². The third-order valence-electron chi connectivity index (χ3n) is 4.14. The Morgan fingerprint density at radius 3 is 2.81 bits per heavy atom. The number of thiophene rings is 1. The van der Waals surface area contributed by atoms with E-state index in [2.05, 4.69) is 55.3 Å². The average molecular weight is 393 g/mol. The van der Waals surface area contributed by atoms with Crippen LogP contribution in [0.25, 0.3) is 6.08 Å². The van der Waals surface area contributed by atoms with Crippen molar-refractivity contribution in [2.45, 2.75) is 17.9 Å². The van der Waals surface area contributed by atoms with Crippen LogP contribution in [0.4, 0.5) is 17.3 Å². The van der Waals surface area contributed by atoms with Crippen LogP contribution >= 0.6 is 23.3 Å². The number of rotatable bonds is 4. The van der Waals surface area contributed by atoms with Gasteiger partial charge < -0.3 is 11.1 Å². The molecule has 0 fully saturated rings. The van der Waals surface area contributed by atoms with E-state index in [1.165, 1.54) is 16.1 Å². The monoisotopic (exact) mass is 392 g/mol. The zero-order valence-electron chi connectivity index (χ0n) is 14.5. The second-order valence-corrected chi connectivity index (χ2v) is 7.84. The molecule has 134 valence electrons. The average Bonchev–Trinajstić information content (AvgIpc) is 3.15. The number of nitrogens with one attached hydrogen (secondary N) is 1. The summed E-state index contributed by atoms with van der Waals surface area (Å²) in [6, 6.07) is 14.3. The fourth-order valence-corrected chi connectivity index (χ4v) is 4.88. The minimum absolute atomic E-state index is 0.102. The van der Waals surface area contributed by atoms with E-state index in [4.69, 9.17) is 5.73 Å². The van der Waals surface area contributed by atoms with Crippen molar-refractivity contribution in [3.05, 3.63) is 64.2 Å². The van der Waals surface area contributed by atoms with Crippen molar-refractivity contribution < 1.29 is 0 Å². The molecule has 3 N–H and O–H groups in total. The molecule has 27 heavy (non-hydrogen) atoms. The quantitative estimate of drug-likeness (QED) is 0.637. The molecule has 0 amide bonds. The predicted octanol–water partition coefficient (Wildman–Crippen LogP) is 4.36. The predicted molar refractivity (Wildman–Crippen MR) is 111 cm³/mol. The summed E-state index contributed by atoms with van der Waals surface area (Å²) in [5.41, 5.74) is 8.23. The lowest BCUT2D eigenvalue weighted by Gasteiger charge is -2.33. The first-order chi connectivity index (χ1) is 13.2. The molecule has 0 radical (unpaired) electrons. The number of para-hydroxylation sites is 1. The van der Waals surface area contributed by atoms with Crippen molar-refractivity contribution in [2.24, 2.45) is 0 Å². The van der Waals surface area contributed by atoms with E-state index < -0.39 is 0 Å². The number of nitrogen functional groups attached to an aromatic ring is 1. The molecule has 1 aliphatic heterocycles. The lowest BCUT2D eigenvalue weighted by atomic mass is 10.1. The maximum absolute atomic E-state index is 9.38. The number of benzene rings is 1. The smallest absolute Gasteiger partial charge is 0.150 e. The Bertz CT molecular complexity index is 1040. The van der Waals surface area contributed by atoms with Crippen LogP contribution in [0.1, 0.15) is 17.4 Å². The third kappa shape index (κ3) is 3.35. The molecule has 3 heterocycles. The van der Waals surface area contributed by atoms with E-state index in [1.807, 2.05) is 25.1 Å². The van der Waals surface area contributed by atoms with Crippen LogP contribution in [0.5, 0.6) is 0 Å². The highest BCUT2D eigenvalue weighted by Gasteiger charge is 2.26. The summed E-state index contributed by atoms with van der Waals surface area (Å²) < 4.78 is 2.20. The third-order valence-corrected chi connectivity index (χ3v) is 6.29. The van der Waals surface area contributed by atoms with Crippen molar-refractivity contribution in [2.75, 3.05) is 15.4 Å². The van der Waals surface area contributed by atoms with Crippen LogP contribution in [-0.2, 0) is 0 Å². The van der Waals surface area contributed by atoms with Crippen molar-refractivity contribution in [3.8, 4) is 6.07 Å². The van der Waals surface area contributed by atoms with E-state index in [9.17, 15) is 5.26 Å². The number of hydrogen-bond acceptors (Lipinski definition) is 8. The molecular formula is C19H16N6S2. The van der Waals surface area contributed by atoms with Crippen molar-refractivity contribution >= 4 is 46.7 Å². The minimum Gasteiger partial charge on any atom is -0.382 e. The molecule has 3 aromatic rings. The van der Waals surface area contributed by atoms with E-state index in [0.29, 0.717) is 5.82 Å². The molecule has 0 saturated heterocycles. The van der Waals surface area contributed by atoms with Crippen LogP contribution < -0.4 is 15.4 Å². The maximum atomic E-state index is 9.38. The highest BCUT2D eigenvalue weighted by Crippen LogP contribution is 2.43. The summed E-state index contributed by atoms with van der Waals surface area (Å²) in [7, 11) is 0. The highest BCUT2D eigenvalue weighted by molar-refractivity contribution is 8.01. The Labute approximate surface area is 165 Å². The first-order valence-electron chi connectivity index (χ1n) is 8.26. The Hall–Kier alpha value is -3.02. The van der Waals surface area contributed by atoms with Crippen LogP contribution in [0, 0.1) is 11.3 Å². The molecule has 0 unspecified atom stereocenters. The molecule has 0 aliphatic carbocycles. The molecule has 2 aromatic heterocycles. The van der Waals surface area contributed by atoms with E-state index in [-0.39, 0.29) is 17.4 Å². The molecule has 0 bridgehead atoms. The van der Waals surface area contributed by atoms with Gasteiger partial charge in [-0.2, -0.15) is 5.26 Å². The number of fused-ring (bicyclic) bond motifs is 1. The van der Waals surface area contributed by atoms with Crippen LogP contribution in [-0.4, -0.2) is 16.0 Å². The van der Waals surface area contributed by atoms with Crippen LogP contribution in [0.15, 0.2) is 58.7 Å². The number of nitrogens with zero attached hydrogens (tertiary/aromatic N) is 4. The van der Waals surface area contributed by atoms with Gasteiger partial charge >= 0.3 is 0 Å². The maximum Gasteiger partial charge on any atom is 0.150 e. The highest BCUT2D eigenvalue weighted by atomic mass is 32.2. The summed E-state index contributed by atoms with van der Waals surface area (Å²) in [6.07, 6.45) is 3.54. The second kappa shape index (κ2) is 7.31. The van der Waals surface area contributed by atoms with Gasteiger partial charge in [0, 0.05) is 9.77 Å². The number of hydrogen-bond donors (Lipinski definition) is 2.